The van der Waals surface area contributed by atoms with Gasteiger partial charge in [-0.05, 0) is 26.7 Å². The highest BCUT2D eigenvalue weighted by Gasteiger charge is 1.65. The quantitative estimate of drug-likeness (QED) is 0.486. The Morgan fingerprint density at radius 3 is 2.50 bits per heavy atom. The molecule has 0 heterocycles. The van der Waals surface area contributed by atoms with Gasteiger partial charge in [-0.3, -0.25) is 0 Å². The Hall–Kier alpha value is -0.520. The molecule has 0 spiro atoms. The Labute approximate surface area is 51.9 Å². The van der Waals surface area contributed by atoms with Crippen molar-refractivity contribution in [3.63, 3.8) is 0 Å². The molecule has 0 saturated heterocycles. The normalized spacial score (nSPS) is 11.8. The Kier molecular flexibility index (Phi) is 6.06. The molecule has 0 aliphatic carbocycles. The summed E-state index contributed by atoms with van der Waals surface area (Å²) in [7, 11) is 0. The summed E-state index contributed by atoms with van der Waals surface area (Å²) in [6, 6.07) is 0. The smallest absolute Gasteiger partial charge is 0.0169 e. The van der Waals surface area contributed by atoms with E-state index in [-0.39, 0.29) is 0 Å². The monoisotopic (exact) mass is 107 g/mol. The molecule has 0 aliphatic rings. The molecular formula is C8H11. The maximum Gasteiger partial charge on any atom is -0.0169 e. The van der Waals surface area contributed by atoms with Crippen molar-refractivity contribution in [2.75, 3.05) is 0 Å². The van der Waals surface area contributed by atoms with Crippen LogP contribution in [-0.2, 0) is 0 Å². The van der Waals surface area contributed by atoms with E-state index in [1.54, 1.807) is 6.08 Å². The van der Waals surface area contributed by atoms with Crippen molar-refractivity contribution in [3.8, 4) is 0 Å². The predicted molar refractivity (Wildman–Crippen MR) is 37.2 cm³/mol. The van der Waals surface area contributed by atoms with Crippen LogP contribution in [0.4, 0.5) is 0 Å². The second-order valence-corrected chi connectivity index (χ2v) is 1.41. The molecule has 0 fully saturated rings. The molecule has 0 unspecified atom stereocenters. The minimum Gasteiger partial charge on any atom is -0.0879 e. The average Bonchev–Trinajstić information content (AvgIpc) is 1.81. The summed E-state index contributed by atoms with van der Waals surface area (Å²) < 4.78 is 0. The SMILES string of the molecule is [CH]CC=CCC=C[CH2]. The van der Waals surface area contributed by atoms with Crippen LogP contribution in [0.5, 0.6) is 0 Å². The largest absolute Gasteiger partial charge is 0.0879 e. The molecule has 8 heavy (non-hydrogen) atoms. The van der Waals surface area contributed by atoms with Gasteiger partial charge < -0.3 is 0 Å². The van der Waals surface area contributed by atoms with Crippen LogP contribution >= 0.6 is 0 Å². The molecule has 0 aromatic carbocycles. The molecule has 0 bridgehead atoms. The lowest BCUT2D eigenvalue weighted by Gasteiger charge is -1.77. The maximum absolute atomic E-state index is 5.18. The molecule has 0 aliphatic heterocycles. The second kappa shape index (κ2) is 6.48. The van der Waals surface area contributed by atoms with Crippen molar-refractivity contribution in [3.05, 3.63) is 38.2 Å². The van der Waals surface area contributed by atoms with Crippen molar-refractivity contribution < 1.29 is 0 Å². The highest BCUT2D eigenvalue weighted by molar-refractivity contribution is 4.93. The summed E-state index contributed by atoms with van der Waals surface area (Å²) in [5, 5.41) is 0. The molecule has 0 amide bonds. The molecule has 0 saturated carbocycles. The van der Waals surface area contributed by atoms with Gasteiger partial charge in [0, 0.05) is 0 Å². The van der Waals surface area contributed by atoms with Crippen LogP contribution in [-0.4, -0.2) is 0 Å². The Morgan fingerprint density at radius 2 is 2.00 bits per heavy atom. The van der Waals surface area contributed by atoms with Gasteiger partial charge in [-0.25, -0.2) is 0 Å². The van der Waals surface area contributed by atoms with E-state index in [0.717, 1.165) is 6.42 Å². The van der Waals surface area contributed by atoms with Crippen molar-refractivity contribution in [1.82, 2.24) is 0 Å². The van der Waals surface area contributed by atoms with Crippen LogP contribution in [0.3, 0.4) is 0 Å². The Morgan fingerprint density at radius 1 is 1.25 bits per heavy atom. The fourth-order valence-electron chi connectivity index (χ4n) is 0.367. The first kappa shape index (κ1) is 7.48. The topological polar surface area (TPSA) is 0 Å². The maximum atomic E-state index is 5.18. The van der Waals surface area contributed by atoms with Gasteiger partial charge >= 0.3 is 0 Å². The third-order valence-corrected chi connectivity index (χ3v) is 0.742. The van der Waals surface area contributed by atoms with Crippen LogP contribution in [0.1, 0.15) is 12.8 Å². The summed E-state index contributed by atoms with van der Waals surface area (Å²) >= 11 is 0. The van der Waals surface area contributed by atoms with E-state index in [1.165, 1.54) is 0 Å². The molecule has 0 atom stereocenters. The standard InChI is InChI=1S/C8H11/c1-3-5-7-8-6-4-2/h1,4-7H,2-3,8H2. The van der Waals surface area contributed by atoms with E-state index >= 15 is 0 Å². The van der Waals surface area contributed by atoms with Crippen LogP contribution in [0, 0.1) is 13.8 Å². The molecule has 0 aromatic heterocycles. The van der Waals surface area contributed by atoms with Crippen LogP contribution in [0.2, 0.25) is 0 Å². The zero-order valence-electron chi connectivity index (χ0n) is 5.01. The fourth-order valence-corrected chi connectivity index (χ4v) is 0.367. The van der Waals surface area contributed by atoms with Crippen molar-refractivity contribution in [2.24, 2.45) is 0 Å². The third-order valence-electron chi connectivity index (χ3n) is 0.742. The Balaban J connectivity index is 3.03. The third kappa shape index (κ3) is 5.48. The summed E-state index contributed by atoms with van der Waals surface area (Å²) in [5.74, 6) is 0. The number of allylic oxidation sites excluding steroid dienone is 4. The van der Waals surface area contributed by atoms with E-state index in [1.807, 2.05) is 18.2 Å². The van der Waals surface area contributed by atoms with E-state index in [0.29, 0.717) is 6.42 Å². The van der Waals surface area contributed by atoms with E-state index in [2.05, 4.69) is 6.92 Å². The molecule has 3 radical (unpaired) electrons. The molecular weight excluding hydrogens is 96.1 g/mol. The summed E-state index contributed by atoms with van der Waals surface area (Å²) in [6.45, 7) is 8.72. The van der Waals surface area contributed by atoms with Gasteiger partial charge in [0.05, 0.1) is 0 Å². The van der Waals surface area contributed by atoms with Gasteiger partial charge in [-0.1, -0.05) is 24.3 Å². The zero-order chi connectivity index (χ0) is 6.24. The highest BCUT2D eigenvalue weighted by Crippen LogP contribution is 1.86. The number of hydrogen-bond acceptors (Lipinski definition) is 0. The summed E-state index contributed by atoms with van der Waals surface area (Å²) in [6.07, 6.45) is 9.28. The average molecular weight is 107 g/mol. The van der Waals surface area contributed by atoms with Gasteiger partial charge in [0.25, 0.3) is 0 Å². The van der Waals surface area contributed by atoms with Crippen molar-refractivity contribution in [2.45, 2.75) is 12.8 Å². The first-order valence-electron chi connectivity index (χ1n) is 2.71. The van der Waals surface area contributed by atoms with Crippen molar-refractivity contribution in [1.29, 1.82) is 0 Å². The van der Waals surface area contributed by atoms with E-state index in [9.17, 15) is 0 Å². The van der Waals surface area contributed by atoms with Gasteiger partial charge in [0.2, 0.25) is 0 Å². The molecule has 0 N–H and O–H groups in total. The van der Waals surface area contributed by atoms with Crippen LogP contribution in [0.15, 0.2) is 24.3 Å². The summed E-state index contributed by atoms with van der Waals surface area (Å²) in [5.41, 5.74) is 0. The van der Waals surface area contributed by atoms with E-state index < -0.39 is 0 Å². The molecule has 0 aromatic rings. The highest BCUT2D eigenvalue weighted by atomic mass is 13.7. The van der Waals surface area contributed by atoms with Gasteiger partial charge in [0.15, 0.2) is 0 Å². The first-order chi connectivity index (χ1) is 3.91. The fraction of sp³-hybridized carbons (Fsp3) is 0.250. The minimum absolute atomic E-state index is 0.630. The minimum atomic E-state index is 0.630. The first-order valence-corrected chi connectivity index (χ1v) is 2.71. The lowest BCUT2D eigenvalue weighted by atomic mass is 10.3. The van der Waals surface area contributed by atoms with Gasteiger partial charge in [0.1, 0.15) is 0 Å². The van der Waals surface area contributed by atoms with Crippen LogP contribution in [0.25, 0.3) is 0 Å². The van der Waals surface area contributed by atoms with Gasteiger partial charge in [-0.15, -0.1) is 0 Å². The van der Waals surface area contributed by atoms with Crippen molar-refractivity contribution >= 4 is 0 Å². The molecule has 43 valence electrons. The predicted octanol–water partition coefficient (Wildman–Crippen LogP) is 2.42. The van der Waals surface area contributed by atoms with E-state index in [4.69, 9.17) is 6.92 Å². The zero-order valence-corrected chi connectivity index (χ0v) is 5.01. The Bertz CT molecular complexity index is 78.0. The molecule has 0 heteroatoms. The van der Waals surface area contributed by atoms with Crippen LogP contribution < -0.4 is 0 Å². The summed E-state index contributed by atoms with van der Waals surface area (Å²) in [4.78, 5) is 0. The van der Waals surface area contributed by atoms with Gasteiger partial charge in [-0.2, -0.15) is 0 Å². The second-order valence-electron chi connectivity index (χ2n) is 1.41. The molecule has 0 rings (SSSR count). The molecule has 0 nitrogen and oxygen atoms in total. The number of rotatable bonds is 3. The number of hydrogen-bond donors (Lipinski definition) is 0. The lowest BCUT2D eigenvalue weighted by Crippen LogP contribution is -1.56. The lowest BCUT2D eigenvalue weighted by molar-refractivity contribution is 1.31.